The van der Waals surface area contributed by atoms with Crippen LogP contribution in [0.25, 0.3) is 0 Å². The van der Waals surface area contributed by atoms with Gasteiger partial charge in [-0.15, -0.1) is 0 Å². The third-order valence-corrected chi connectivity index (χ3v) is 3.87. The number of nitrogens with two attached hydrogens (primary N) is 2. The van der Waals surface area contributed by atoms with Crippen LogP contribution in [-0.4, -0.2) is 67.9 Å². The lowest BCUT2D eigenvalue weighted by atomic mass is 10.1. The van der Waals surface area contributed by atoms with E-state index in [-0.39, 0.29) is 44.0 Å². The first-order valence-electron chi connectivity index (χ1n) is 7.69. The number of hydrogen-bond acceptors (Lipinski definition) is 9. The van der Waals surface area contributed by atoms with Gasteiger partial charge >= 0.3 is 5.97 Å². The van der Waals surface area contributed by atoms with Crippen molar-refractivity contribution in [3.05, 3.63) is 0 Å². The number of amides is 1. The van der Waals surface area contributed by atoms with Gasteiger partial charge in [0.15, 0.2) is 0 Å². The van der Waals surface area contributed by atoms with E-state index in [0.717, 1.165) is 0 Å². The van der Waals surface area contributed by atoms with Crippen LogP contribution in [0.2, 0.25) is 0 Å². The van der Waals surface area contributed by atoms with Crippen LogP contribution in [0.15, 0.2) is 0 Å². The van der Waals surface area contributed by atoms with Crippen LogP contribution in [0.1, 0.15) is 13.8 Å². The molecule has 2 aliphatic heterocycles. The zero-order chi connectivity index (χ0) is 17.0. The van der Waals surface area contributed by atoms with Crippen LogP contribution in [-0.2, 0) is 19.1 Å². The van der Waals surface area contributed by atoms with E-state index in [1.54, 1.807) is 0 Å². The quantitative estimate of drug-likeness (QED) is 0.244. The summed E-state index contributed by atoms with van der Waals surface area (Å²) in [4.78, 5) is 25.3. The van der Waals surface area contributed by atoms with E-state index in [9.17, 15) is 9.59 Å². The lowest BCUT2D eigenvalue weighted by Gasteiger charge is -2.34. The number of nitrogens with one attached hydrogen (secondary N) is 3. The molecule has 0 aromatic rings. The van der Waals surface area contributed by atoms with Gasteiger partial charge in [-0.05, 0) is 5.92 Å². The molecule has 10 nitrogen and oxygen atoms in total. The molecule has 0 aromatic carbocycles. The molecule has 2 rings (SSSR count). The first-order valence-corrected chi connectivity index (χ1v) is 7.69. The third-order valence-electron chi connectivity index (χ3n) is 3.87. The molecule has 2 saturated heterocycles. The van der Waals surface area contributed by atoms with Crippen LogP contribution >= 0.6 is 0 Å². The van der Waals surface area contributed by atoms with Crippen molar-refractivity contribution >= 4 is 11.9 Å². The Morgan fingerprint density at radius 3 is 2.87 bits per heavy atom. The van der Waals surface area contributed by atoms with E-state index in [4.69, 9.17) is 20.9 Å². The molecule has 0 spiro atoms. The highest BCUT2D eigenvalue weighted by Gasteiger charge is 2.42. The van der Waals surface area contributed by atoms with Crippen LogP contribution in [0.4, 0.5) is 0 Å². The first kappa shape index (κ1) is 18.0. The summed E-state index contributed by atoms with van der Waals surface area (Å²) in [6.07, 6.45) is -0.805. The molecule has 0 aromatic heterocycles. The predicted molar refractivity (Wildman–Crippen MR) is 81.3 cm³/mol. The molecule has 132 valence electrons. The minimum Gasteiger partial charge on any atom is -0.462 e. The maximum Gasteiger partial charge on any atom is 0.323 e. The Balaban J connectivity index is 1.65. The first-order chi connectivity index (χ1) is 10.9. The van der Waals surface area contributed by atoms with Crippen LogP contribution in [0.5, 0.6) is 0 Å². The predicted octanol–water partition coefficient (Wildman–Crippen LogP) is -2.99. The summed E-state index contributed by atoms with van der Waals surface area (Å²) in [5.74, 6) is -0.535. The summed E-state index contributed by atoms with van der Waals surface area (Å²) in [5, 5.41) is 8.76. The number of nitrogens with zero attached hydrogens (tertiary/aromatic N) is 1. The fourth-order valence-corrected chi connectivity index (χ4v) is 2.42. The van der Waals surface area contributed by atoms with Crippen molar-refractivity contribution in [3.8, 4) is 0 Å². The number of hydrogen-bond donors (Lipinski definition) is 5. The van der Waals surface area contributed by atoms with Gasteiger partial charge in [-0.2, -0.15) is 0 Å². The maximum atomic E-state index is 11.8. The van der Waals surface area contributed by atoms with Gasteiger partial charge < -0.3 is 20.5 Å². The minimum absolute atomic E-state index is 0.0313. The molecule has 10 heteroatoms. The average molecular weight is 330 g/mol. The molecule has 23 heavy (non-hydrogen) atoms. The van der Waals surface area contributed by atoms with Gasteiger partial charge in [0.05, 0.1) is 19.4 Å². The van der Waals surface area contributed by atoms with Gasteiger partial charge in [-0.3, -0.25) is 30.9 Å². The van der Waals surface area contributed by atoms with Crippen molar-refractivity contribution < 1.29 is 19.1 Å². The Labute approximate surface area is 135 Å². The highest BCUT2D eigenvalue weighted by molar-refractivity contribution is 5.83. The lowest BCUT2D eigenvalue weighted by molar-refractivity contribution is -0.148. The monoisotopic (exact) mass is 330 g/mol. The van der Waals surface area contributed by atoms with Crippen LogP contribution in [0, 0.1) is 5.92 Å². The van der Waals surface area contributed by atoms with Gasteiger partial charge in [0.2, 0.25) is 5.91 Å². The molecule has 2 fully saturated rings. The van der Waals surface area contributed by atoms with Crippen molar-refractivity contribution in [2.75, 3.05) is 26.6 Å². The van der Waals surface area contributed by atoms with E-state index in [2.05, 4.69) is 16.0 Å². The maximum absolute atomic E-state index is 11.8. The van der Waals surface area contributed by atoms with E-state index >= 15 is 0 Å². The molecule has 2 heterocycles. The van der Waals surface area contributed by atoms with Gasteiger partial charge in [-0.1, -0.05) is 13.8 Å². The number of fused-ring (bicyclic) bond motifs is 1. The molecular weight excluding hydrogens is 304 g/mol. The van der Waals surface area contributed by atoms with Crippen LogP contribution < -0.4 is 27.4 Å². The Morgan fingerprint density at radius 2 is 2.17 bits per heavy atom. The summed E-state index contributed by atoms with van der Waals surface area (Å²) in [6, 6.07) is -0.981. The number of carbonyl (C=O) groups excluding carboxylic acids is 2. The van der Waals surface area contributed by atoms with E-state index in [1.807, 2.05) is 18.7 Å². The summed E-state index contributed by atoms with van der Waals surface area (Å²) in [6.45, 7) is 4.90. The van der Waals surface area contributed by atoms with Crippen LogP contribution in [0.3, 0.4) is 0 Å². The molecule has 0 saturated carbocycles. The largest absolute Gasteiger partial charge is 0.462 e. The minimum atomic E-state index is -0.620. The molecule has 7 N–H and O–H groups in total. The number of rotatable bonds is 7. The third kappa shape index (κ3) is 4.59. The van der Waals surface area contributed by atoms with Crippen molar-refractivity contribution in [2.45, 2.75) is 38.4 Å². The van der Waals surface area contributed by atoms with Gasteiger partial charge in [0.1, 0.15) is 31.7 Å². The zero-order valence-corrected chi connectivity index (χ0v) is 13.5. The lowest BCUT2D eigenvalue weighted by Crippen LogP contribution is -2.70. The Kier molecular flexibility index (Phi) is 6.27. The second-order valence-corrected chi connectivity index (χ2v) is 6.00. The second kappa shape index (κ2) is 7.99. The topological polar surface area (TPSA) is 144 Å². The van der Waals surface area contributed by atoms with E-state index in [0.29, 0.717) is 6.67 Å². The standard InChI is InChI=1S/C13H26N6O4/c1-7(2)8(14)12(21)23-4-3-22-6-19-5-16-9-10(19)17-13(15)18-11(9)20/h7-10,13,16-17H,3-6,14-15H2,1-2H3,(H,18,20)/t8-,9?,10?,13?/m0/s1. The van der Waals surface area contributed by atoms with Crippen molar-refractivity contribution in [3.63, 3.8) is 0 Å². The van der Waals surface area contributed by atoms with E-state index in [1.165, 1.54) is 0 Å². The SMILES string of the molecule is CC(C)[C@H](N)C(=O)OCCOCN1CNC2C(=O)NC(N)NC21. The second-order valence-electron chi connectivity index (χ2n) is 6.00. The number of carbonyl (C=O) groups is 2. The Bertz CT molecular complexity index is 435. The van der Waals surface area contributed by atoms with Gasteiger partial charge in [-0.25, -0.2) is 0 Å². The summed E-state index contributed by atoms with van der Waals surface area (Å²) >= 11 is 0. The Hall–Kier alpha value is -1.30. The molecule has 3 unspecified atom stereocenters. The van der Waals surface area contributed by atoms with Gasteiger partial charge in [0.25, 0.3) is 0 Å². The molecule has 2 aliphatic rings. The van der Waals surface area contributed by atoms with E-state index < -0.39 is 18.3 Å². The fourth-order valence-electron chi connectivity index (χ4n) is 2.42. The van der Waals surface area contributed by atoms with Crippen molar-refractivity contribution in [2.24, 2.45) is 17.4 Å². The molecule has 0 aliphatic carbocycles. The summed E-state index contributed by atoms with van der Waals surface area (Å²) in [5.41, 5.74) is 11.4. The smallest absolute Gasteiger partial charge is 0.323 e. The Morgan fingerprint density at radius 1 is 1.43 bits per heavy atom. The molecular formula is C13H26N6O4. The fraction of sp³-hybridized carbons (Fsp3) is 0.846. The van der Waals surface area contributed by atoms with Crippen molar-refractivity contribution in [1.29, 1.82) is 0 Å². The summed E-state index contributed by atoms with van der Waals surface area (Å²) in [7, 11) is 0. The zero-order valence-electron chi connectivity index (χ0n) is 13.5. The molecule has 4 atom stereocenters. The number of esters is 1. The molecule has 1 amide bonds. The number of ether oxygens (including phenoxy) is 2. The summed E-state index contributed by atoms with van der Waals surface area (Å²) < 4.78 is 10.5. The molecule has 0 radical (unpaired) electrons. The average Bonchev–Trinajstić information content (AvgIpc) is 2.89. The van der Waals surface area contributed by atoms with Gasteiger partial charge in [0, 0.05) is 0 Å². The van der Waals surface area contributed by atoms with Crippen molar-refractivity contribution in [1.82, 2.24) is 20.9 Å². The normalized spacial score (nSPS) is 29.3. The highest BCUT2D eigenvalue weighted by atomic mass is 16.6. The highest BCUT2D eigenvalue weighted by Crippen LogP contribution is 2.12. The molecule has 0 bridgehead atoms.